The molecule has 0 aliphatic carbocycles. The molecule has 0 saturated heterocycles. The van der Waals surface area contributed by atoms with Crippen LogP contribution in [0.4, 0.5) is 0 Å². The van der Waals surface area contributed by atoms with E-state index in [0.717, 1.165) is 28.4 Å². The summed E-state index contributed by atoms with van der Waals surface area (Å²) in [6, 6.07) is 13.5. The minimum absolute atomic E-state index is 0.366. The molecule has 0 amide bonds. The number of nitrogens with zero attached hydrogens (tertiary/aromatic N) is 1. The number of aryl methyl sites for hydroxylation is 1. The predicted octanol–water partition coefficient (Wildman–Crippen LogP) is 3.51. The van der Waals surface area contributed by atoms with Crippen molar-refractivity contribution in [1.82, 2.24) is 4.57 Å². The molecular weight excluding hydrogens is 226 g/mol. The second kappa shape index (κ2) is 3.88. The summed E-state index contributed by atoms with van der Waals surface area (Å²) in [5.74, 6) is -0.877. The first-order valence-electron chi connectivity index (χ1n) is 5.97. The third-order valence-electron chi connectivity index (χ3n) is 3.34. The lowest BCUT2D eigenvalue weighted by Crippen LogP contribution is -2.02. The molecule has 0 bridgehead atoms. The number of hydrogen-bond donors (Lipinski definition) is 1. The molecule has 0 unspecified atom stereocenters. The van der Waals surface area contributed by atoms with Gasteiger partial charge in [0.15, 0.2) is 0 Å². The van der Waals surface area contributed by atoms with E-state index in [0.29, 0.717) is 5.56 Å². The van der Waals surface area contributed by atoms with Crippen LogP contribution in [0.15, 0.2) is 42.5 Å². The molecule has 0 radical (unpaired) electrons. The molecular formula is C15H13NO2. The van der Waals surface area contributed by atoms with Crippen molar-refractivity contribution in [2.24, 2.45) is 0 Å². The Labute approximate surface area is 104 Å². The fraction of sp³-hybridized carbons (Fsp3) is 0.133. The van der Waals surface area contributed by atoms with Crippen molar-refractivity contribution in [2.45, 2.75) is 13.5 Å². The van der Waals surface area contributed by atoms with Crippen LogP contribution in [0, 0.1) is 0 Å². The number of fused-ring (bicyclic) bond motifs is 3. The maximum Gasteiger partial charge on any atom is 0.337 e. The number of rotatable bonds is 2. The van der Waals surface area contributed by atoms with Gasteiger partial charge in [-0.2, -0.15) is 0 Å². The molecule has 3 aromatic rings. The van der Waals surface area contributed by atoms with Crippen molar-refractivity contribution in [2.75, 3.05) is 0 Å². The van der Waals surface area contributed by atoms with Gasteiger partial charge in [-0.3, -0.25) is 0 Å². The monoisotopic (exact) mass is 239 g/mol. The lowest BCUT2D eigenvalue weighted by atomic mass is 10.1. The Morgan fingerprint density at radius 3 is 2.56 bits per heavy atom. The van der Waals surface area contributed by atoms with Crippen LogP contribution in [0.5, 0.6) is 0 Å². The molecule has 90 valence electrons. The average molecular weight is 239 g/mol. The number of carboxylic acid groups (broad SMARTS) is 1. The van der Waals surface area contributed by atoms with Gasteiger partial charge in [-0.1, -0.05) is 30.3 Å². The fourth-order valence-electron chi connectivity index (χ4n) is 2.61. The number of aromatic carboxylic acids is 1. The van der Waals surface area contributed by atoms with Crippen molar-refractivity contribution in [3.63, 3.8) is 0 Å². The van der Waals surface area contributed by atoms with Crippen LogP contribution >= 0.6 is 0 Å². The zero-order valence-electron chi connectivity index (χ0n) is 10.1. The Morgan fingerprint density at radius 1 is 1.11 bits per heavy atom. The largest absolute Gasteiger partial charge is 0.478 e. The number of benzene rings is 2. The molecule has 0 saturated carbocycles. The van der Waals surface area contributed by atoms with Gasteiger partial charge in [0.1, 0.15) is 0 Å². The van der Waals surface area contributed by atoms with E-state index in [1.54, 1.807) is 12.1 Å². The zero-order chi connectivity index (χ0) is 12.7. The number of carboxylic acids is 1. The highest BCUT2D eigenvalue weighted by Gasteiger charge is 2.15. The standard InChI is InChI=1S/C15H13NO2/c1-2-16-13-9-4-3-6-10(13)11-7-5-8-12(14(11)16)15(17)18/h3-9H,2H2,1H3,(H,17,18). The quantitative estimate of drug-likeness (QED) is 0.743. The van der Waals surface area contributed by atoms with Crippen LogP contribution in [0.3, 0.4) is 0 Å². The number of aromatic nitrogens is 1. The van der Waals surface area contributed by atoms with Crippen LogP contribution in [-0.4, -0.2) is 15.6 Å². The Bertz CT molecular complexity index is 756. The van der Waals surface area contributed by atoms with Gasteiger partial charge in [0, 0.05) is 22.8 Å². The lowest BCUT2D eigenvalue weighted by molar-refractivity contribution is 0.0698. The van der Waals surface area contributed by atoms with Crippen molar-refractivity contribution < 1.29 is 9.90 Å². The molecule has 1 aromatic heterocycles. The van der Waals surface area contributed by atoms with Crippen molar-refractivity contribution in [3.05, 3.63) is 48.0 Å². The Balaban J connectivity index is 2.60. The molecule has 0 aliphatic heterocycles. The van der Waals surface area contributed by atoms with E-state index in [-0.39, 0.29) is 0 Å². The summed E-state index contributed by atoms with van der Waals surface area (Å²) < 4.78 is 2.06. The average Bonchev–Trinajstić information content (AvgIpc) is 2.72. The normalized spacial score (nSPS) is 11.2. The number of para-hydroxylation sites is 2. The SMILES string of the molecule is CCn1c2ccccc2c2cccc(C(=O)O)c21. The molecule has 0 fully saturated rings. The highest BCUT2D eigenvalue weighted by atomic mass is 16.4. The van der Waals surface area contributed by atoms with Crippen LogP contribution in [0.25, 0.3) is 21.8 Å². The van der Waals surface area contributed by atoms with Crippen LogP contribution in [-0.2, 0) is 6.54 Å². The van der Waals surface area contributed by atoms with E-state index in [1.807, 2.05) is 37.3 Å². The minimum Gasteiger partial charge on any atom is -0.478 e. The molecule has 3 heteroatoms. The van der Waals surface area contributed by atoms with Gasteiger partial charge in [-0.25, -0.2) is 4.79 Å². The van der Waals surface area contributed by atoms with E-state index >= 15 is 0 Å². The first kappa shape index (κ1) is 10.8. The molecule has 1 N–H and O–H groups in total. The summed E-state index contributed by atoms with van der Waals surface area (Å²) >= 11 is 0. The highest BCUT2D eigenvalue weighted by Crippen LogP contribution is 2.30. The van der Waals surface area contributed by atoms with Crippen LogP contribution in [0.2, 0.25) is 0 Å². The van der Waals surface area contributed by atoms with Gasteiger partial charge in [0.2, 0.25) is 0 Å². The third-order valence-corrected chi connectivity index (χ3v) is 3.34. The summed E-state index contributed by atoms with van der Waals surface area (Å²) in [5, 5.41) is 11.4. The van der Waals surface area contributed by atoms with Crippen LogP contribution < -0.4 is 0 Å². The van der Waals surface area contributed by atoms with E-state index in [1.165, 1.54) is 0 Å². The molecule has 18 heavy (non-hydrogen) atoms. The number of hydrogen-bond acceptors (Lipinski definition) is 1. The summed E-state index contributed by atoms with van der Waals surface area (Å²) in [7, 11) is 0. The molecule has 1 heterocycles. The van der Waals surface area contributed by atoms with E-state index < -0.39 is 5.97 Å². The van der Waals surface area contributed by atoms with Crippen molar-refractivity contribution in [3.8, 4) is 0 Å². The topological polar surface area (TPSA) is 42.2 Å². The Morgan fingerprint density at radius 2 is 1.83 bits per heavy atom. The molecule has 0 spiro atoms. The second-order valence-corrected chi connectivity index (χ2v) is 4.27. The number of carbonyl (C=O) groups is 1. The Kier molecular flexibility index (Phi) is 2.33. The predicted molar refractivity (Wildman–Crippen MR) is 72.1 cm³/mol. The van der Waals surface area contributed by atoms with Crippen LogP contribution in [0.1, 0.15) is 17.3 Å². The summed E-state index contributed by atoms with van der Waals surface area (Å²) in [4.78, 5) is 11.3. The third kappa shape index (κ3) is 1.34. The van der Waals surface area contributed by atoms with Crippen molar-refractivity contribution in [1.29, 1.82) is 0 Å². The first-order valence-corrected chi connectivity index (χ1v) is 5.97. The van der Waals surface area contributed by atoms with Gasteiger partial charge >= 0.3 is 5.97 Å². The van der Waals surface area contributed by atoms with E-state index in [9.17, 15) is 9.90 Å². The van der Waals surface area contributed by atoms with Gasteiger partial charge in [0.25, 0.3) is 0 Å². The van der Waals surface area contributed by atoms with Crippen molar-refractivity contribution >= 4 is 27.8 Å². The summed E-state index contributed by atoms with van der Waals surface area (Å²) in [6.07, 6.45) is 0. The zero-order valence-corrected chi connectivity index (χ0v) is 10.1. The lowest BCUT2D eigenvalue weighted by Gasteiger charge is -2.05. The van der Waals surface area contributed by atoms with Gasteiger partial charge in [-0.05, 0) is 19.1 Å². The highest BCUT2D eigenvalue weighted by molar-refractivity contribution is 6.14. The summed E-state index contributed by atoms with van der Waals surface area (Å²) in [5.41, 5.74) is 2.27. The van der Waals surface area contributed by atoms with E-state index in [4.69, 9.17) is 0 Å². The van der Waals surface area contributed by atoms with Gasteiger partial charge < -0.3 is 9.67 Å². The summed E-state index contributed by atoms with van der Waals surface area (Å²) in [6.45, 7) is 2.79. The maximum atomic E-state index is 11.3. The second-order valence-electron chi connectivity index (χ2n) is 4.27. The maximum absolute atomic E-state index is 11.3. The van der Waals surface area contributed by atoms with Gasteiger partial charge in [0.05, 0.1) is 11.1 Å². The first-order chi connectivity index (χ1) is 8.74. The fourth-order valence-corrected chi connectivity index (χ4v) is 2.61. The minimum atomic E-state index is -0.877. The smallest absolute Gasteiger partial charge is 0.337 e. The Hall–Kier alpha value is -2.29. The molecule has 0 atom stereocenters. The molecule has 3 rings (SSSR count). The molecule has 3 nitrogen and oxygen atoms in total. The molecule has 0 aliphatic rings. The van der Waals surface area contributed by atoms with E-state index in [2.05, 4.69) is 4.57 Å². The van der Waals surface area contributed by atoms with Gasteiger partial charge in [-0.15, -0.1) is 0 Å². The molecule has 2 aromatic carbocycles.